The fourth-order valence-electron chi connectivity index (χ4n) is 3.07. The Kier molecular flexibility index (Phi) is 7.40. The smallest absolute Gasteiger partial charge is 0.243 e. The van der Waals surface area contributed by atoms with Gasteiger partial charge in [-0.3, -0.25) is 0 Å². The quantitative estimate of drug-likeness (QED) is 0.443. The van der Waals surface area contributed by atoms with Crippen molar-refractivity contribution in [1.29, 1.82) is 0 Å². The number of nitrogens with zero attached hydrogens (tertiary/aromatic N) is 2. The molecule has 0 saturated heterocycles. The maximum Gasteiger partial charge on any atom is 0.243 e. The molecule has 0 aliphatic heterocycles. The van der Waals surface area contributed by atoms with Crippen LogP contribution < -0.4 is 4.74 Å². The highest BCUT2D eigenvalue weighted by Crippen LogP contribution is 2.27. The molecule has 32 heavy (non-hydrogen) atoms. The Morgan fingerprint density at radius 2 is 1.44 bits per heavy atom. The van der Waals surface area contributed by atoms with Gasteiger partial charge < -0.3 is 9.15 Å². The fraction of sp³-hybridized carbons (Fsp3) is 0.273. The molecule has 0 fully saturated rings. The van der Waals surface area contributed by atoms with Crippen molar-refractivity contribution >= 4 is 20.0 Å². The van der Waals surface area contributed by atoms with Crippen LogP contribution in [-0.4, -0.2) is 46.1 Å². The lowest BCUT2D eigenvalue weighted by atomic mass is 10.2. The molecule has 1 aromatic heterocycles. The molecule has 10 heteroatoms. The van der Waals surface area contributed by atoms with Crippen LogP contribution in [0.3, 0.4) is 0 Å². The van der Waals surface area contributed by atoms with Gasteiger partial charge in [0.25, 0.3) is 0 Å². The molecule has 3 aromatic rings. The highest BCUT2D eigenvalue weighted by Gasteiger charge is 2.28. The van der Waals surface area contributed by atoms with Crippen molar-refractivity contribution in [3.05, 3.63) is 78.3 Å². The van der Waals surface area contributed by atoms with Gasteiger partial charge in [-0.1, -0.05) is 18.2 Å². The standard InChI is InChI=1S/C22H26N2O6S2/c1-4-29-22-10-6-5-8-18(22)16-24(17-19-9-7-15-30-19)32(27,28)21-13-11-20(12-14-21)31(25,26)23(2)3/h5-15H,4,16-17H2,1-3H3. The summed E-state index contributed by atoms with van der Waals surface area (Å²) >= 11 is 0. The molecule has 0 N–H and O–H groups in total. The van der Waals surface area contributed by atoms with Crippen LogP contribution in [0, 0.1) is 0 Å². The van der Waals surface area contributed by atoms with Crippen molar-refractivity contribution in [3.8, 4) is 5.75 Å². The van der Waals surface area contributed by atoms with Gasteiger partial charge in [0.2, 0.25) is 20.0 Å². The number of rotatable bonds is 10. The van der Waals surface area contributed by atoms with Gasteiger partial charge in [0.1, 0.15) is 11.5 Å². The zero-order valence-corrected chi connectivity index (χ0v) is 19.8. The molecule has 1 heterocycles. The molecule has 0 aliphatic carbocycles. The highest BCUT2D eigenvalue weighted by molar-refractivity contribution is 7.89. The Labute approximate surface area is 189 Å². The minimum Gasteiger partial charge on any atom is -0.494 e. The minimum atomic E-state index is -3.98. The zero-order chi connectivity index (χ0) is 23.4. The Hall–Kier alpha value is -2.66. The molecular weight excluding hydrogens is 452 g/mol. The van der Waals surface area contributed by atoms with Crippen molar-refractivity contribution in [2.24, 2.45) is 0 Å². The Bertz CT molecular complexity index is 1240. The summed E-state index contributed by atoms with van der Waals surface area (Å²) in [6, 6.07) is 15.8. The van der Waals surface area contributed by atoms with Crippen LogP contribution in [0.25, 0.3) is 0 Å². The highest BCUT2D eigenvalue weighted by atomic mass is 32.2. The molecule has 0 spiro atoms. The molecule has 0 saturated carbocycles. The van der Waals surface area contributed by atoms with Crippen LogP contribution in [0.2, 0.25) is 0 Å². The largest absolute Gasteiger partial charge is 0.494 e. The Balaban J connectivity index is 1.98. The number of benzene rings is 2. The van der Waals surface area contributed by atoms with Crippen molar-refractivity contribution in [2.45, 2.75) is 29.8 Å². The second-order valence-electron chi connectivity index (χ2n) is 7.15. The van der Waals surface area contributed by atoms with E-state index in [1.807, 2.05) is 25.1 Å². The first kappa shape index (κ1) is 24.0. The topological polar surface area (TPSA) is 97.1 Å². The van der Waals surface area contributed by atoms with Crippen LogP contribution >= 0.6 is 0 Å². The number of sulfonamides is 2. The lowest BCUT2D eigenvalue weighted by molar-refractivity contribution is 0.321. The normalized spacial score (nSPS) is 12.4. The summed E-state index contributed by atoms with van der Waals surface area (Å²) in [5.41, 5.74) is 0.705. The van der Waals surface area contributed by atoms with Crippen LogP contribution in [-0.2, 0) is 33.1 Å². The van der Waals surface area contributed by atoms with Gasteiger partial charge >= 0.3 is 0 Å². The molecule has 0 amide bonds. The van der Waals surface area contributed by atoms with E-state index in [9.17, 15) is 16.8 Å². The molecule has 0 unspecified atom stereocenters. The molecule has 2 aromatic carbocycles. The third-order valence-electron chi connectivity index (χ3n) is 4.77. The van der Waals surface area contributed by atoms with E-state index in [2.05, 4.69) is 0 Å². The molecule has 0 aliphatic rings. The van der Waals surface area contributed by atoms with E-state index in [-0.39, 0.29) is 22.9 Å². The van der Waals surface area contributed by atoms with E-state index in [1.165, 1.54) is 48.9 Å². The average molecular weight is 479 g/mol. The summed E-state index contributed by atoms with van der Waals surface area (Å²) in [6.07, 6.45) is 1.48. The molecule has 8 nitrogen and oxygen atoms in total. The summed E-state index contributed by atoms with van der Waals surface area (Å²) in [5, 5.41) is 0. The van der Waals surface area contributed by atoms with Gasteiger partial charge in [0, 0.05) is 26.2 Å². The van der Waals surface area contributed by atoms with Gasteiger partial charge in [0.15, 0.2) is 0 Å². The first-order valence-corrected chi connectivity index (χ1v) is 12.8. The number of ether oxygens (including phenoxy) is 1. The monoisotopic (exact) mass is 478 g/mol. The van der Waals surface area contributed by atoms with Crippen LogP contribution in [0.1, 0.15) is 18.2 Å². The van der Waals surface area contributed by atoms with Gasteiger partial charge in [0.05, 0.1) is 29.2 Å². The summed E-state index contributed by atoms with van der Waals surface area (Å²) in [5.74, 6) is 1.08. The number of hydrogen-bond acceptors (Lipinski definition) is 6. The van der Waals surface area contributed by atoms with Gasteiger partial charge in [-0.2, -0.15) is 4.31 Å². The van der Waals surface area contributed by atoms with Gasteiger partial charge in [-0.05, 0) is 49.4 Å². The third-order valence-corrected chi connectivity index (χ3v) is 8.41. The molecule has 0 bridgehead atoms. The first-order chi connectivity index (χ1) is 15.2. The van der Waals surface area contributed by atoms with E-state index < -0.39 is 20.0 Å². The van der Waals surface area contributed by atoms with Crippen LogP contribution in [0.15, 0.2) is 81.1 Å². The maximum absolute atomic E-state index is 13.5. The lowest BCUT2D eigenvalue weighted by Gasteiger charge is -2.23. The molecule has 172 valence electrons. The summed E-state index contributed by atoms with van der Waals surface area (Å²) in [7, 11) is -4.81. The molecule has 3 rings (SSSR count). The van der Waals surface area contributed by atoms with E-state index in [0.29, 0.717) is 23.7 Å². The van der Waals surface area contributed by atoms with Crippen molar-refractivity contribution < 1.29 is 26.0 Å². The minimum absolute atomic E-state index is 0.00748. The van der Waals surface area contributed by atoms with Crippen molar-refractivity contribution in [2.75, 3.05) is 20.7 Å². The van der Waals surface area contributed by atoms with Gasteiger partial charge in [-0.25, -0.2) is 21.1 Å². The number of hydrogen-bond donors (Lipinski definition) is 0. The molecule has 0 radical (unpaired) electrons. The summed E-state index contributed by atoms with van der Waals surface area (Å²) in [6.45, 7) is 2.37. The predicted molar refractivity (Wildman–Crippen MR) is 120 cm³/mol. The number of para-hydroxylation sites is 1. The predicted octanol–water partition coefficient (Wildman–Crippen LogP) is 3.32. The second kappa shape index (κ2) is 9.86. The average Bonchev–Trinajstić information content (AvgIpc) is 3.28. The van der Waals surface area contributed by atoms with E-state index in [4.69, 9.17) is 9.15 Å². The van der Waals surface area contributed by atoms with E-state index in [0.717, 1.165) is 4.31 Å². The molecule has 0 atom stereocenters. The van der Waals surface area contributed by atoms with Crippen LogP contribution in [0.4, 0.5) is 0 Å². The second-order valence-corrected chi connectivity index (χ2v) is 11.2. The summed E-state index contributed by atoms with van der Waals surface area (Å²) in [4.78, 5) is -0.00335. The van der Waals surface area contributed by atoms with Crippen molar-refractivity contribution in [3.63, 3.8) is 0 Å². The lowest BCUT2D eigenvalue weighted by Crippen LogP contribution is -2.30. The third kappa shape index (κ3) is 5.21. The fourth-order valence-corrected chi connectivity index (χ4v) is 5.35. The van der Waals surface area contributed by atoms with Gasteiger partial charge in [-0.15, -0.1) is 0 Å². The Morgan fingerprint density at radius 1 is 0.812 bits per heavy atom. The Morgan fingerprint density at radius 3 is 2.00 bits per heavy atom. The summed E-state index contributed by atoms with van der Waals surface area (Å²) < 4.78 is 65.0. The first-order valence-electron chi connectivity index (χ1n) is 9.92. The van der Waals surface area contributed by atoms with E-state index in [1.54, 1.807) is 18.2 Å². The van der Waals surface area contributed by atoms with Crippen LogP contribution in [0.5, 0.6) is 5.75 Å². The molecular formula is C22H26N2O6S2. The van der Waals surface area contributed by atoms with E-state index >= 15 is 0 Å². The number of furan rings is 1. The maximum atomic E-state index is 13.5. The SMILES string of the molecule is CCOc1ccccc1CN(Cc1ccco1)S(=O)(=O)c1ccc(S(=O)(=O)N(C)C)cc1. The zero-order valence-electron chi connectivity index (χ0n) is 18.1. The van der Waals surface area contributed by atoms with Crippen molar-refractivity contribution in [1.82, 2.24) is 8.61 Å².